The van der Waals surface area contributed by atoms with E-state index in [9.17, 15) is 4.79 Å². The highest BCUT2D eigenvalue weighted by molar-refractivity contribution is 6.00. The van der Waals surface area contributed by atoms with E-state index in [0.717, 1.165) is 28.4 Å². The zero-order valence-electron chi connectivity index (χ0n) is 11.9. The number of rotatable bonds is 3. The summed E-state index contributed by atoms with van der Waals surface area (Å²) in [6.45, 7) is 4.19. The maximum atomic E-state index is 10.8. The van der Waals surface area contributed by atoms with E-state index in [4.69, 9.17) is 5.73 Å². The lowest BCUT2D eigenvalue weighted by molar-refractivity contribution is 0.112. The molecule has 3 aromatic rings. The molecule has 0 amide bonds. The zero-order valence-corrected chi connectivity index (χ0v) is 11.9. The molecule has 0 saturated carbocycles. The van der Waals surface area contributed by atoms with Gasteiger partial charge in [0.15, 0.2) is 0 Å². The van der Waals surface area contributed by atoms with Crippen LogP contribution >= 0.6 is 0 Å². The molecule has 106 valence electrons. The molecule has 0 unspecified atom stereocenters. The van der Waals surface area contributed by atoms with Crippen LogP contribution in [0.3, 0.4) is 0 Å². The zero-order chi connectivity index (χ0) is 15.0. The molecule has 21 heavy (non-hydrogen) atoms. The first kappa shape index (κ1) is 13.3. The van der Waals surface area contributed by atoms with Crippen molar-refractivity contribution in [2.24, 2.45) is 0 Å². The van der Waals surface area contributed by atoms with Crippen LogP contribution in [0.1, 0.15) is 30.2 Å². The number of anilines is 1. The lowest BCUT2D eigenvalue weighted by Gasteiger charge is -2.07. The number of carbonyl (C=O) groups excluding carboxylic acids is 1. The second kappa shape index (κ2) is 5.01. The summed E-state index contributed by atoms with van der Waals surface area (Å²) in [7, 11) is 0. The van der Waals surface area contributed by atoms with Crippen molar-refractivity contribution in [3.05, 3.63) is 42.4 Å². The van der Waals surface area contributed by atoms with Gasteiger partial charge in [0.1, 0.15) is 24.1 Å². The first-order chi connectivity index (χ1) is 10.1. The van der Waals surface area contributed by atoms with Crippen molar-refractivity contribution in [1.29, 1.82) is 0 Å². The number of carbonyl (C=O) groups is 1. The quantitative estimate of drug-likeness (QED) is 0.748. The molecule has 5 heteroatoms. The van der Waals surface area contributed by atoms with E-state index in [1.807, 2.05) is 18.3 Å². The number of nitrogens with two attached hydrogens (primary N) is 1. The number of aromatic nitrogens is 3. The number of fused-ring (bicyclic) bond motifs is 1. The second-order valence-electron chi connectivity index (χ2n) is 5.24. The summed E-state index contributed by atoms with van der Waals surface area (Å²) >= 11 is 0. The van der Waals surface area contributed by atoms with Crippen LogP contribution in [-0.2, 0) is 0 Å². The van der Waals surface area contributed by atoms with E-state index in [1.54, 1.807) is 12.1 Å². The lowest BCUT2D eigenvalue weighted by atomic mass is 10.0. The van der Waals surface area contributed by atoms with Crippen molar-refractivity contribution < 1.29 is 4.79 Å². The fourth-order valence-corrected chi connectivity index (χ4v) is 2.46. The Bertz CT molecular complexity index is 803. The van der Waals surface area contributed by atoms with Gasteiger partial charge in [0, 0.05) is 23.4 Å². The third kappa shape index (κ3) is 2.16. The number of nitrogen functional groups attached to an aromatic ring is 1. The van der Waals surface area contributed by atoms with Crippen molar-refractivity contribution in [3.8, 4) is 11.1 Å². The predicted molar refractivity (Wildman–Crippen MR) is 83.1 cm³/mol. The summed E-state index contributed by atoms with van der Waals surface area (Å²) < 4.78 is 2.08. The monoisotopic (exact) mass is 280 g/mol. The van der Waals surface area contributed by atoms with Crippen molar-refractivity contribution >= 4 is 23.1 Å². The molecular weight excluding hydrogens is 264 g/mol. The summed E-state index contributed by atoms with van der Waals surface area (Å²) in [5, 5.41) is 0.852. The Morgan fingerprint density at radius 3 is 2.52 bits per heavy atom. The summed E-state index contributed by atoms with van der Waals surface area (Å²) in [6, 6.07) is 7.68. The summed E-state index contributed by atoms with van der Waals surface area (Å²) in [5.74, 6) is 0.467. The molecule has 2 N–H and O–H groups in total. The van der Waals surface area contributed by atoms with E-state index in [0.29, 0.717) is 11.4 Å². The molecule has 2 heterocycles. The highest BCUT2D eigenvalue weighted by Crippen LogP contribution is 2.34. The smallest absolute Gasteiger partial charge is 0.150 e. The van der Waals surface area contributed by atoms with E-state index in [-0.39, 0.29) is 6.04 Å². The molecule has 0 spiro atoms. The predicted octanol–water partition coefficient (Wildman–Crippen LogP) is 3.07. The standard InChI is InChI=1S/C16H16N4O/c1-10(2)20-7-13(12-5-3-11(8-21)4-6-12)14-15(17)18-9-19-16(14)20/h3-10H,1-2H3,(H2,17,18,19). The Balaban J connectivity index is 2.28. The Morgan fingerprint density at radius 2 is 1.90 bits per heavy atom. The lowest BCUT2D eigenvalue weighted by Crippen LogP contribution is -2.00. The fraction of sp³-hybridized carbons (Fsp3) is 0.188. The Labute approximate surface area is 122 Å². The largest absolute Gasteiger partial charge is 0.383 e. The third-order valence-corrected chi connectivity index (χ3v) is 3.55. The Morgan fingerprint density at radius 1 is 1.19 bits per heavy atom. The molecular formula is C16H16N4O. The minimum absolute atomic E-state index is 0.268. The molecule has 3 rings (SSSR count). The summed E-state index contributed by atoms with van der Waals surface area (Å²) in [4.78, 5) is 19.2. The summed E-state index contributed by atoms with van der Waals surface area (Å²) in [6.07, 6.45) is 4.35. The molecule has 0 fully saturated rings. The fourth-order valence-electron chi connectivity index (χ4n) is 2.46. The number of nitrogens with zero attached hydrogens (tertiary/aromatic N) is 3. The van der Waals surface area contributed by atoms with Gasteiger partial charge in [0.2, 0.25) is 0 Å². The molecule has 0 aliphatic carbocycles. The van der Waals surface area contributed by atoms with Crippen molar-refractivity contribution in [1.82, 2.24) is 14.5 Å². The van der Waals surface area contributed by atoms with Crippen molar-refractivity contribution in [2.75, 3.05) is 5.73 Å². The van der Waals surface area contributed by atoms with Gasteiger partial charge in [-0.2, -0.15) is 0 Å². The van der Waals surface area contributed by atoms with Gasteiger partial charge in [-0.15, -0.1) is 0 Å². The molecule has 1 aromatic carbocycles. The molecule has 0 atom stereocenters. The molecule has 0 radical (unpaired) electrons. The maximum Gasteiger partial charge on any atom is 0.150 e. The number of hydrogen-bond acceptors (Lipinski definition) is 4. The first-order valence-corrected chi connectivity index (χ1v) is 6.78. The van der Waals surface area contributed by atoms with Gasteiger partial charge in [-0.05, 0) is 19.4 Å². The highest BCUT2D eigenvalue weighted by atomic mass is 16.1. The van der Waals surface area contributed by atoms with E-state index >= 15 is 0 Å². The summed E-state index contributed by atoms with van der Waals surface area (Å²) in [5.41, 5.74) is 9.49. The van der Waals surface area contributed by atoms with Crippen LogP contribution in [-0.4, -0.2) is 20.8 Å². The molecule has 0 aliphatic heterocycles. The van der Waals surface area contributed by atoms with E-state index in [2.05, 4.69) is 28.4 Å². The normalized spacial score (nSPS) is 11.2. The highest BCUT2D eigenvalue weighted by Gasteiger charge is 2.16. The van der Waals surface area contributed by atoms with Crippen molar-refractivity contribution in [3.63, 3.8) is 0 Å². The maximum absolute atomic E-state index is 10.8. The van der Waals surface area contributed by atoms with E-state index < -0.39 is 0 Å². The van der Waals surface area contributed by atoms with Gasteiger partial charge < -0.3 is 10.3 Å². The second-order valence-corrected chi connectivity index (χ2v) is 5.24. The average molecular weight is 280 g/mol. The van der Waals surface area contributed by atoms with Crippen LogP contribution in [0.2, 0.25) is 0 Å². The van der Waals surface area contributed by atoms with Crippen LogP contribution in [0.4, 0.5) is 5.82 Å². The first-order valence-electron chi connectivity index (χ1n) is 6.78. The molecule has 0 aliphatic rings. The molecule has 2 aromatic heterocycles. The Hall–Kier alpha value is -2.69. The van der Waals surface area contributed by atoms with Gasteiger partial charge in [-0.3, -0.25) is 4.79 Å². The topological polar surface area (TPSA) is 73.8 Å². The van der Waals surface area contributed by atoms with Crippen LogP contribution < -0.4 is 5.73 Å². The SMILES string of the molecule is CC(C)n1cc(-c2ccc(C=O)cc2)c2c(N)ncnc21. The number of aldehydes is 1. The number of benzene rings is 1. The molecule has 5 nitrogen and oxygen atoms in total. The molecule has 0 saturated heterocycles. The Kier molecular flexibility index (Phi) is 3.17. The van der Waals surface area contributed by atoms with Crippen LogP contribution in [0.25, 0.3) is 22.2 Å². The number of hydrogen-bond donors (Lipinski definition) is 1. The third-order valence-electron chi connectivity index (χ3n) is 3.55. The van der Waals surface area contributed by atoms with Gasteiger partial charge >= 0.3 is 0 Å². The van der Waals surface area contributed by atoms with Gasteiger partial charge in [0.05, 0.1) is 5.39 Å². The minimum Gasteiger partial charge on any atom is -0.383 e. The van der Waals surface area contributed by atoms with E-state index in [1.165, 1.54) is 6.33 Å². The van der Waals surface area contributed by atoms with Crippen molar-refractivity contribution in [2.45, 2.75) is 19.9 Å². The van der Waals surface area contributed by atoms with Crippen LogP contribution in [0, 0.1) is 0 Å². The van der Waals surface area contributed by atoms with Crippen LogP contribution in [0.15, 0.2) is 36.8 Å². The average Bonchev–Trinajstić information content (AvgIpc) is 2.88. The molecule has 0 bridgehead atoms. The van der Waals surface area contributed by atoms with Crippen LogP contribution in [0.5, 0.6) is 0 Å². The van der Waals surface area contributed by atoms with Gasteiger partial charge in [-0.25, -0.2) is 9.97 Å². The minimum atomic E-state index is 0.268. The van der Waals surface area contributed by atoms with Gasteiger partial charge in [0.25, 0.3) is 0 Å². The van der Waals surface area contributed by atoms with Gasteiger partial charge in [-0.1, -0.05) is 24.3 Å².